The predicted octanol–water partition coefficient (Wildman–Crippen LogP) is 6.62. The minimum atomic E-state index is -0.525. The lowest BCUT2D eigenvalue weighted by atomic mass is 10.2. The molecule has 0 fully saturated rings. The highest BCUT2D eigenvalue weighted by Crippen LogP contribution is 2.27. The molecule has 1 aromatic heterocycles. The quantitative estimate of drug-likeness (QED) is 0.240. The van der Waals surface area contributed by atoms with Crippen LogP contribution in [-0.4, -0.2) is 16.1 Å². The topological polar surface area (TPSA) is 40.5 Å². The van der Waals surface area contributed by atoms with E-state index in [4.69, 9.17) is 9.47 Å². The molecule has 4 heteroatoms. The van der Waals surface area contributed by atoms with Gasteiger partial charge in [0.25, 0.3) is 0 Å². The molecule has 4 rings (SSSR count). The van der Waals surface area contributed by atoms with Gasteiger partial charge in [0.15, 0.2) is 0 Å². The summed E-state index contributed by atoms with van der Waals surface area (Å²) < 4.78 is 13.6. The first-order chi connectivity index (χ1) is 15.9. The Morgan fingerprint density at radius 1 is 0.879 bits per heavy atom. The molecule has 1 heterocycles. The standard InChI is InChI=1S/C29H29NO3/c1-29(2,3)33-28(31)17-14-25-18-24-19-26(32-21-23-12-8-5-9-13-23)15-16-27(24)30(25)20-22-10-6-4-7-11-22/h4-19H,20-21H2,1-3H3/b17-14+. The summed E-state index contributed by atoms with van der Waals surface area (Å²) in [4.78, 5) is 12.3. The van der Waals surface area contributed by atoms with Gasteiger partial charge in [-0.3, -0.25) is 0 Å². The number of carbonyl (C=O) groups excluding carboxylic acids is 1. The van der Waals surface area contributed by atoms with Gasteiger partial charge in [-0.1, -0.05) is 60.7 Å². The second-order valence-corrected chi connectivity index (χ2v) is 9.00. The molecule has 4 nitrogen and oxygen atoms in total. The molecule has 0 atom stereocenters. The van der Waals surface area contributed by atoms with E-state index < -0.39 is 5.60 Å². The summed E-state index contributed by atoms with van der Waals surface area (Å²) in [7, 11) is 0. The van der Waals surface area contributed by atoms with E-state index in [9.17, 15) is 4.79 Å². The molecular formula is C29H29NO3. The molecule has 0 saturated heterocycles. The van der Waals surface area contributed by atoms with E-state index in [0.717, 1.165) is 27.9 Å². The molecule has 0 aliphatic carbocycles. The van der Waals surface area contributed by atoms with Crippen LogP contribution in [0.5, 0.6) is 5.75 Å². The van der Waals surface area contributed by atoms with Crippen molar-refractivity contribution in [3.8, 4) is 5.75 Å². The Morgan fingerprint density at radius 2 is 1.55 bits per heavy atom. The van der Waals surface area contributed by atoms with Gasteiger partial charge in [-0.05, 0) is 62.2 Å². The van der Waals surface area contributed by atoms with Crippen molar-refractivity contribution in [3.63, 3.8) is 0 Å². The third-order valence-electron chi connectivity index (χ3n) is 5.13. The summed E-state index contributed by atoms with van der Waals surface area (Å²) in [6.45, 7) is 6.80. The number of ether oxygens (including phenoxy) is 2. The summed E-state index contributed by atoms with van der Waals surface area (Å²) in [6.07, 6.45) is 3.31. The van der Waals surface area contributed by atoms with Gasteiger partial charge in [0.2, 0.25) is 0 Å². The van der Waals surface area contributed by atoms with Crippen molar-refractivity contribution in [2.24, 2.45) is 0 Å². The predicted molar refractivity (Wildman–Crippen MR) is 133 cm³/mol. The molecule has 0 aliphatic heterocycles. The molecule has 33 heavy (non-hydrogen) atoms. The first-order valence-electron chi connectivity index (χ1n) is 11.1. The van der Waals surface area contributed by atoms with Gasteiger partial charge < -0.3 is 14.0 Å². The fourth-order valence-corrected chi connectivity index (χ4v) is 3.67. The van der Waals surface area contributed by atoms with E-state index >= 15 is 0 Å². The van der Waals surface area contributed by atoms with Gasteiger partial charge in [0.05, 0.1) is 0 Å². The van der Waals surface area contributed by atoms with Crippen molar-refractivity contribution in [2.75, 3.05) is 0 Å². The lowest BCUT2D eigenvalue weighted by molar-refractivity contribution is -0.148. The van der Waals surface area contributed by atoms with Crippen molar-refractivity contribution in [1.82, 2.24) is 4.57 Å². The number of benzene rings is 3. The lowest BCUT2D eigenvalue weighted by Crippen LogP contribution is -2.22. The first-order valence-corrected chi connectivity index (χ1v) is 11.1. The third kappa shape index (κ3) is 6.13. The maximum atomic E-state index is 12.3. The van der Waals surface area contributed by atoms with Crippen molar-refractivity contribution < 1.29 is 14.3 Å². The van der Waals surface area contributed by atoms with Crippen molar-refractivity contribution in [1.29, 1.82) is 0 Å². The smallest absolute Gasteiger partial charge is 0.331 e. The Balaban J connectivity index is 1.63. The number of nitrogens with zero attached hydrogens (tertiary/aromatic N) is 1. The van der Waals surface area contributed by atoms with Crippen LogP contribution in [0.15, 0.2) is 91.0 Å². The normalized spacial score (nSPS) is 11.7. The zero-order valence-corrected chi connectivity index (χ0v) is 19.3. The Kier molecular flexibility index (Phi) is 6.64. The molecule has 0 spiro atoms. The van der Waals surface area contributed by atoms with E-state index in [0.29, 0.717) is 13.2 Å². The van der Waals surface area contributed by atoms with Crippen LogP contribution in [0, 0.1) is 0 Å². The summed E-state index contributed by atoms with van der Waals surface area (Å²) in [6, 6.07) is 28.6. The Hall–Kier alpha value is -3.79. The van der Waals surface area contributed by atoms with Crippen LogP contribution in [0.1, 0.15) is 37.6 Å². The number of hydrogen-bond donors (Lipinski definition) is 0. The maximum Gasteiger partial charge on any atom is 0.331 e. The number of rotatable bonds is 7. The minimum absolute atomic E-state index is 0.356. The van der Waals surface area contributed by atoms with Gasteiger partial charge in [0, 0.05) is 29.2 Å². The van der Waals surface area contributed by atoms with Crippen LogP contribution >= 0.6 is 0 Å². The van der Waals surface area contributed by atoms with E-state index in [1.54, 1.807) is 0 Å². The van der Waals surface area contributed by atoms with Gasteiger partial charge in [-0.15, -0.1) is 0 Å². The fraction of sp³-hybridized carbons (Fsp3) is 0.207. The van der Waals surface area contributed by atoms with Crippen molar-refractivity contribution >= 4 is 22.9 Å². The summed E-state index contributed by atoms with van der Waals surface area (Å²) in [5, 5.41) is 1.06. The van der Waals surface area contributed by atoms with Gasteiger partial charge in [0.1, 0.15) is 18.0 Å². The highest BCUT2D eigenvalue weighted by molar-refractivity contribution is 5.90. The van der Waals surface area contributed by atoms with Crippen LogP contribution in [0.4, 0.5) is 0 Å². The zero-order chi connectivity index (χ0) is 23.3. The molecule has 0 bridgehead atoms. The third-order valence-corrected chi connectivity index (χ3v) is 5.13. The molecule has 4 aromatic rings. The molecule has 0 radical (unpaired) electrons. The molecule has 0 amide bonds. The highest BCUT2D eigenvalue weighted by Gasteiger charge is 2.15. The number of hydrogen-bond acceptors (Lipinski definition) is 3. The number of fused-ring (bicyclic) bond motifs is 1. The van der Waals surface area contributed by atoms with Crippen molar-refractivity contribution in [2.45, 2.75) is 39.5 Å². The van der Waals surface area contributed by atoms with Crippen molar-refractivity contribution in [3.05, 3.63) is 108 Å². The fourth-order valence-electron chi connectivity index (χ4n) is 3.67. The highest BCUT2D eigenvalue weighted by atomic mass is 16.6. The SMILES string of the molecule is CC(C)(C)OC(=O)/C=C/c1cc2cc(OCc3ccccc3)ccc2n1Cc1ccccc1. The van der Waals surface area contributed by atoms with E-state index in [1.807, 2.05) is 75.4 Å². The minimum Gasteiger partial charge on any atom is -0.489 e. The maximum absolute atomic E-state index is 12.3. The molecule has 168 valence electrons. The number of esters is 1. The Bertz CT molecular complexity index is 1250. The average molecular weight is 440 g/mol. The molecule has 0 unspecified atom stereocenters. The molecule has 0 N–H and O–H groups in total. The molecule has 0 saturated carbocycles. The lowest BCUT2D eigenvalue weighted by Gasteiger charge is -2.18. The summed E-state index contributed by atoms with van der Waals surface area (Å²) >= 11 is 0. The van der Waals surface area contributed by atoms with Crippen LogP contribution in [-0.2, 0) is 22.7 Å². The van der Waals surface area contributed by atoms with Gasteiger partial charge in [-0.2, -0.15) is 0 Å². The van der Waals surface area contributed by atoms with Gasteiger partial charge >= 0.3 is 5.97 Å². The second-order valence-electron chi connectivity index (χ2n) is 9.00. The second kappa shape index (κ2) is 9.78. The monoisotopic (exact) mass is 439 g/mol. The first kappa shape index (κ1) is 22.4. The van der Waals surface area contributed by atoms with Crippen LogP contribution < -0.4 is 4.74 Å². The van der Waals surface area contributed by atoms with E-state index in [-0.39, 0.29) is 5.97 Å². The molecular weight excluding hydrogens is 410 g/mol. The Labute approximate surface area is 195 Å². The van der Waals surface area contributed by atoms with E-state index in [1.165, 1.54) is 11.6 Å². The summed E-state index contributed by atoms with van der Waals surface area (Å²) in [5.74, 6) is 0.455. The van der Waals surface area contributed by atoms with Crippen LogP contribution in [0.3, 0.4) is 0 Å². The van der Waals surface area contributed by atoms with Crippen LogP contribution in [0.25, 0.3) is 17.0 Å². The number of carbonyl (C=O) groups is 1. The molecule has 3 aromatic carbocycles. The zero-order valence-electron chi connectivity index (χ0n) is 19.3. The Morgan fingerprint density at radius 3 is 2.21 bits per heavy atom. The van der Waals surface area contributed by atoms with E-state index in [2.05, 4.69) is 41.0 Å². The summed E-state index contributed by atoms with van der Waals surface area (Å²) in [5.41, 5.74) is 3.80. The average Bonchev–Trinajstić information content (AvgIpc) is 3.13. The molecule has 0 aliphatic rings. The van der Waals surface area contributed by atoms with Crippen LogP contribution in [0.2, 0.25) is 0 Å². The largest absolute Gasteiger partial charge is 0.489 e. The van der Waals surface area contributed by atoms with Gasteiger partial charge in [-0.25, -0.2) is 4.79 Å². The number of aromatic nitrogens is 1.